The first-order chi connectivity index (χ1) is 31.8. The Hall–Kier alpha value is -7.69. The van der Waals surface area contributed by atoms with Crippen LogP contribution in [0, 0.1) is 0 Å². The summed E-state index contributed by atoms with van der Waals surface area (Å²) in [6.45, 7) is 2.16. The molecule has 4 aliphatic rings. The number of hydrogen-bond acceptors (Lipinski definition) is 2. The number of rotatable bonds is 5. The van der Waals surface area contributed by atoms with Gasteiger partial charge < -0.3 is 18.8 Å². The molecule has 64 heavy (non-hydrogen) atoms. The van der Waals surface area contributed by atoms with Crippen LogP contribution in [-0.2, 0) is 6.42 Å². The molecule has 6 heteroatoms. The van der Waals surface area contributed by atoms with Crippen LogP contribution in [0.4, 0.5) is 34.1 Å². The van der Waals surface area contributed by atoms with Crippen molar-refractivity contribution in [2.75, 3.05) is 9.80 Å². The van der Waals surface area contributed by atoms with Gasteiger partial charge in [-0.25, -0.2) is 0 Å². The van der Waals surface area contributed by atoms with Gasteiger partial charge in [-0.15, -0.1) is 0 Å². The van der Waals surface area contributed by atoms with E-state index >= 15 is 0 Å². The van der Waals surface area contributed by atoms with Crippen LogP contribution < -0.4 is 31.7 Å². The summed E-state index contributed by atoms with van der Waals surface area (Å²) in [5.41, 5.74) is 24.5. The van der Waals surface area contributed by atoms with Crippen LogP contribution in [0.15, 0.2) is 188 Å². The Balaban J connectivity index is 1.17. The van der Waals surface area contributed by atoms with Crippen LogP contribution in [0.25, 0.3) is 65.9 Å². The zero-order valence-electron chi connectivity index (χ0n) is 35.5. The Morgan fingerprint density at radius 3 is 1.70 bits per heavy atom. The second kappa shape index (κ2) is 12.7. The van der Waals surface area contributed by atoms with E-state index in [9.17, 15) is 0 Å². The highest BCUT2D eigenvalue weighted by atomic mass is 15.2. The SMILES string of the molecule is CCCCc1ccc2c(c1)N(c1ccccc1)c1cc3c(c4c1B2n1c2ccccc2c2cccc-4c21)N(c1ccccc1)c1cccc2c1B3n1c3ccccc3c3cccc-2c31. The second-order valence-corrected chi connectivity index (χ2v) is 18.2. The van der Waals surface area contributed by atoms with Gasteiger partial charge in [-0.1, -0.05) is 147 Å². The number of hydrogen-bond donors (Lipinski definition) is 0. The molecule has 4 aliphatic heterocycles. The molecule has 4 nitrogen and oxygen atoms in total. The van der Waals surface area contributed by atoms with Gasteiger partial charge in [0.1, 0.15) is 0 Å². The van der Waals surface area contributed by atoms with Crippen LogP contribution in [-0.4, -0.2) is 22.7 Å². The van der Waals surface area contributed by atoms with Crippen molar-refractivity contribution < 1.29 is 0 Å². The van der Waals surface area contributed by atoms with Crippen molar-refractivity contribution >= 4 is 113 Å². The third kappa shape index (κ3) is 4.31. The quantitative estimate of drug-likeness (QED) is 0.161. The van der Waals surface area contributed by atoms with E-state index in [2.05, 4.69) is 214 Å². The number of benzene rings is 9. The highest BCUT2D eigenvalue weighted by Crippen LogP contribution is 2.52. The molecule has 0 saturated heterocycles. The number of unbranched alkanes of at least 4 members (excludes halogenated alkanes) is 1. The Morgan fingerprint density at radius 2 is 1.00 bits per heavy atom. The summed E-state index contributed by atoms with van der Waals surface area (Å²) >= 11 is 0. The van der Waals surface area contributed by atoms with Gasteiger partial charge in [-0.3, -0.25) is 0 Å². The molecule has 0 N–H and O–H groups in total. The molecule has 0 amide bonds. The third-order valence-electron chi connectivity index (χ3n) is 15.0. The molecule has 2 aromatic heterocycles. The van der Waals surface area contributed by atoms with Crippen molar-refractivity contribution in [1.29, 1.82) is 0 Å². The largest absolute Gasteiger partial charge is 0.375 e. The van der Waals surface area contributed by atoms with Gasteiger partial charge in [0.2, 0.25) is 0 Å². The molecular weight excluding hydrogens is 774 g/mol. The van der Waals surface area contributed by atoms with Crippen molar-refractivity contribution in [2.45, 2.75) is 26.2 Å². The Kier molecular flexibility index (Phi) is 6.92. The fraction of sp³-hybridized carbons (Fsp3) is 0.0690. The summed E-state index contributed by atoms with van der Waals surface area (Å²) in [7, 11) is 0. The number of para-hydroxylation sites is 6. The molecule has 11 aromatic rings. The maximum atomic E-state index is 2.70. The fourth-order valence-corrected chi connectivity index (χ4v) is 12.6. The zero-order chi connectivity index (χ0) is 41.8. The first kappa shape index (κ1) is 34.8. The molecular formula is C58H40B2N4. The Labute approximate surface area is 372 Å². The minimum Gasteiger partial charge on any atom is -0.375 e. The van der Waals surface area contributed by atoms with Gasteiger partial charge in [0.25, 0.3) is 0 Å². The van der Waals surface area contributed by atoms with Gasteiger partial charge in [0.05, 0.1) is 5.69 Å². The topological polar surface area (TPSA) is 16.3 Å². The van der Waals surface area contributed by atoms with Crippen molar-refractivity contribution in [3.8, 4) is 22.3 Å². The van der Waals surface area contributed by atoms with Gasteiger partial charge >= 0.3 is 13.7 Å². The predicted octanol–water partition coefficient (Wildman–Crippen LogP) is 12.1. The van der Waals surface area contributed by atoms with Crippen molar-refractivity contribution in [1.82, 2.24) is 8.96 Å². The van der Waals surface area contributed by atoms with E-state index in [-0.39, 0.29) is 13.7 Å². The summed E-state index contributed by atoms with van der Waals surface area (Å²) in [5.74, 6) is 0. The number of aryl methyl sites for hydroxylation is 1. The molecule has 6 heterocycles. The maximum Gasteiger partial charge on any atom is 0.333 e. The number of anilines is 6. The van der Waals surface area contributed by atoms with Crippen LogP contribution >= 0.6 is 0 Å². The predicted molar refractivity (Wildman–Crippen MR) is 272 cm³/mol. The van der Waals surface area contributed by atoms with E-state index in [0.717, 1.165) is 19.3 Å². The third-order valence-corrected chi connectivity index (χ3v) is 15.0. The van der Waals surface area contributed by atoms with E-state index < -0.39 is 0 Å². The van der Waals surface area contributed by atoms with Crippen molar-refractivity contribution in [3.63, 3.8) is 0 Å². The lowest BCUT2D eigenvalue weighted by molar-refractivity contribution is 0.795. The molecule has 0 radical (unpaired) electrons. The molecule has 0 saturated carbocycles. The summed E-state index contributed by atoms with van der Waals surface area (Å²) in [4.78, 5) is 5.24. The van der Waals surface area contributed by atoms with E-state index in [0.29, 0.717) is 0 Å². The molecule has 15 rings (SSSR count). The van der Waals surface area contributed by atoms with E-state index in [4.69, 9.17) is 0 Å². The maximum absolute atomic E-state index is 2.70. The van der Waals surface area contributed by atoms with Gasteiger partial charge in [0.15, 0.2) is 0 Å². The zero-order valence-corrected chi connectivity index (χ0v) is 35.5. The summed E-state index contributed by atoms with van der Waals surface area (Å²) in [5, 5.41) is 5.21. The van der Waals surface area contributed by atoms with Gasteiger partial charge in [-0.05, 0) is 100 Å². The average molecular weight is 815 g/mol. The number of fused-ring (bicyclic) bond motifs is 15. The van der Waals surface area contributed by atoms with Crippen molar-refractivity contribution in [2.24, 2.45) is 0 Å². The minimum absolute atomic E-state index is 0.0562. The summed E-state index contributed by atoms with van der Waals surface area (Å²) < 4.78 is 5.41. The van der Waals surface area contributed by atoms with Crippen LogP contribution in [0.2, 0.25) is 0 Å². The van der Waals surface area contributed by atoms with Crippen molar-refractivity contribution in [3.05, 3.63) is 194 Å². The molecule has 9 aromatic carbocycles. The molecule has 0 unspecified atom stereocenters. The van der Waals surface area contributed by atoms with Crippen LogP contribution in [0.3, 0.4) is 0 Å². The van der Waals surface area contributed by atoms with Crippen LogP contribution in [0.5, 0.6) is 0 Å². The Bertz CT molecular complexity index is 3810. The highest BCUT2D eigenvalue weighted by molar-refractivity contribution is 6.93. The Morgan fingerprint density at radius 1 is 0.422 bits per heavy atom. The van der Waals surface area contributed by atoms with E-state index in [1.165, 1.54) is 127 Å². The summed E-state index contributed by atoms with van der Waals surface area (Å²) in [6, 6.07) is 71.6. The highest BCUT2D eigenvalue weighted by Gasteiger charge is 2.49. The van der Waals surface area contributed by atoms with Gasteiger partial charge in [-0.2, -0.15) is 0 Å². The molecule has 0 fully saturated rings. The monoisotopic (exact) mass is 814 g/mol. The minimum atomic E-state index is -0.0830. The normalized spacial score (nSPS) is 13.8. The molecule has 0 spiro atoms. The van der Waals surface area contributed by atoms with Gasteiger partial charge in [0, 0.05) is 88.7 Å². The molecule has 0 atom stereocenters. The number of aromatic nitrogens is 2. The first-order valence-corrected chi connectivity index (χ1v) is 23.0. The smallest absolute Gasteiger partial charge is 0.333 e. The lowest BCUT2D eigenvalue weighted by Crippen LogP contribution is -2.61. The first-order valence-electron chi connectivity index (χ1n) is 23.0. The number of nitrogens with zero attached hydrogens (tertiary/aromatic N) is 4. The lowest BCUT2D eigenvalue weighted by atomic mass is 9.41. The summed E-state index contributed by atoms with van der Waals surface area (Å²) in [6.07, 6.45) is 3.39. The molecule has 298 valence electrons. The lowest BCUT2D eigenvalue weighted by Gasteiger charge is -2.46. The average Bonchev–Trinajstić information content (AvgIpc) is 3.87. The van der Waals surface area contributed by atoms with E-state index in [1.54, 1.807) is 0 Å². The van der Waals surface area contributed by atoms with Crippen LogP contribution in [0.1, 0.15) is 25.3 Å². The fourth-order valence-electron chi connectivity index (χ4n) is 12.6. The standard InChI is InChI=1S/C58H40B2N4/c1-2-3-17-36-32-33-46-51(34-36)61(37-18-6-4-7-19-37)52-35-47-58(53-45-28-15-26-43-40-23-11-13-30-49(40)64(57(43)45)59(46)55(52)53)62(38-20-8-5-9-21-38)50-31-16-24-41-44-27-14-25-42-39-22-10-12-29-48(39)63(56(42)44)60(47)54(41)50/h4-16,18-35H,2-3,17H2,1H3. The second-order valence-electron chi connectivity index (χ2n) is 18.2. The van der Waals surface area contributed by atoms with E-state index in [1.807, 2.05) is 0 Å². The molecule has 0 aliphatic carbocycles. The molecule has 0 bridgehead atoms.